The molecule has 6 heteroatoms. The van der Waals surface area contributed by atoms with Crippen molar-refractivity contribution < 1.29 is 4.79 Å². The topological polar surface area (TPSA) is 34.9 Å². The Morgan fingerprint density at radius 3 is 3.00 bits per heavy atom. The third-order valence-electron chi connectivity index (χ3n) is 3.04. The van der Waals surface area contributed by atoms with Gasteiger partial charge in [-0.25, -0.2) is 4.98 Å². The van der Waals surface area contributed by atoms with Crippen molar-refractivity contribution in [1.82, 2.24) is 9.55 Å². The second-order valence-electron chi connectivity index (χ2n) is 4.28. The van der Waals surface area contributed by atoms with Crippen LogP contribution in [0.4, 0.5) is 0 Å². The molecule has 0 atom stereocenters. The monoisotopic (exact) mass is 334 g/mol. The molecular formula is C15H11ClN2OS2. The number of rotatable bonds is 4. The van der Waals surface area contributed by atoms with Crippen LogP contribution in [-0.2, 0) is 0 Å². The van der Waals surface area contributed by atoms with E-state index in [0.717, 1.165) is 27.6 Å². The number of hydrogen-bond donors (Lipinski definition) is 0. The average molecular weight is 335 g/mol. The molecule has 0 aliphatic rings. The van der Waals surface area contributed by atoms with Gasteiger partial charge in [0, 0.05) is 27.1 Å². The normalized spacial score (nSPS) is 10.8. The van der Waals surface area contributed by atoms with Crippen LogP contribution >= 0.6 is 34.7 Å². The van der Waals surface area contributed by atoms with Gasteiger partial charge in [-0.15, -0.1) is 23.1 Å². The molecule has 0 spiro atoms. The maximum absolute atomic E-state index is 11.0. The van der Waals surface area contributed by atoms with E-state index < -0.39 is 0 Å². The highest BCUT2D eigenvalue weighted by Crippen LogP contribution is 2.34. The summed E-state index contributed by atoms with van der Waals surface area (Å²) in [6.07, 6.45) is 4.68. The number of carbonyl (C=O) groups excluding carboxylic acids is 1. The summed E-state index contributed by atoms with van der Waals surface area (Å²) in [7, 11) is 0. The molecule has 2 aromatic heterocycles. The van der Waals surface area contributed by atoms with E-state index in [0.29, 0.717) is 10.7 Å². The number of aldehydes is 1. The summed E-state index contributed by atoms with van der Waals surface area (Å²) in [5.74, 6) is 0. The zero-order chi connectivity index (χ0) is 14.8. The van der Waals surface area contributed by atoms with Crippen molar-refractivity contribution >= 4 is 41.0 Å². The fourth-order valence-electron chi connectivity index (χ4n) is 2.04. The van der Waals surface area contributed by atoms with Crippen molar-refractivity contribution in [2.45, 2.75) is 4.90 Å². The first kappa shape index (κ1) is 14.4. The Balaban J connectivity index is 2.07. The lowest BCUT2D eigenvalue weighted by Crippen LogP contribution is -1.96. The molecule has 0 N–H and O–H groups in total. The Labute approximate surface area is 135 Å². The molecule has 0 saturated carbocycles. The number of aromatic nitrogens is 2. The SMILES string of the molecule is CSc1ccc(Cl)cc1-c1csc(-n2cccc2C=O)n1. The van der Waals surface area contributed by atoms with Crippen molar-refractivity contribution in [2.75, 3.05) is 6.26 Å². The number of thioether (sulfide) groups is 1. The van der Waals surface area contributed by atoms with Gasteiger partial charge in [-0.1, -0.05) is 11.6 Å². The molecule has 0 saturated heterocycles. The molecule has 0 bridgehead atoms. The van der Waals surface area contributed by atoms with Crippen molar-refractivity contribution in [3.63, 3.8) is 0 Å². The van der Waals surface area contributed by atoms with E-state index in [1.807, 2.05) is 42.1 Å². The van der Waals surface area contributed by atoms with E-state index >= 15 is 0 Å². The summed E-state index contributed by atoms with van der Waals surface area (Å²) >= 11 is 9.25. The Bertz CT molecular complexity index is 795. The summed E-state index contributed by atoms with van der Waals surface area (Å²) in [5.41, 5.74) is 2.47. The third-order valence-corrected chi connectivity index (χ3v) is 4.91. The smallest absolute Gasteiger partial charge is 0.194 e. The number of halogens is 1. The molecule has 1 aromatic carbocycles. The summed E-state index contributed by atoms with van der Waals surface area (Å²) in [6.45, 7) is 0. The number of carbonyl (C=O) groups is 1. The summed E-state index contributed by atoms with van der Waals surface area (Å²) in [4.78, 5) is 16.8. The van der Waals surface area contributed by atoms with Crippen LogP contribution < -0.4 is 0 Å². The van der Waals surface area contributed by atoms with Gasteiger partial charge in [0.15, 0.2) is 11.4 Å². The second-order valence-corrected chi connectivity index (χ2v) is 6.40. The number of benzene rings is 1. The lowest BCUT2D eigenvalue weighted by atomic mass is 10.2. The van der Waals surface area contributed by atoms with E-state index in [4.69, 9.17) is 11.6 Å². The highest BCUT2D eigenvalue weighted by molar-refractivity contribution is 7.98. The Kier molecular flexibility index (Phi) is 4.14. The van der Waals surface area contributed by atoms with Crippen LogP contribution in [-0.4, -0.2) is 22.1 Å². The van der Waals surface area contributed by atoms with Crippen molar-refractivity contribution in [3.8, 4) is 16.4 Å². The number of thiazole rings is 1. The minimum Gasteiger partial charge on any atom is -0.296 e. The van der Waals surface area contributed by atoms with Gasteiger partial charge in [0.05, 0.1) is 11.4 Å². The first-order chi connectivity index (χ1) is 10.2. The standard InChI is InChI=1S/C15H11ClN2OS2/c1-20-14-5-4-10(16)7-12(14)13-9-21-15(17-13)18-6-2-3-11(18)8-19/h2-9H,1H3. The molecule has 0 aliphatic heterocycles. The van der Waals surface area contributed by atoms with Crippen LogP contribution in [0.2, 0.25) is 5.02 Å². The molecule has 0 radical (unpaired) electrons. The molecule has 0 amide bonds. The zero-order valence-electron chi connectivity index (χ0n) is 11.1. The van der Waals surface area contributed by atoms with Gasteiger partial charge in [0.1, 0.15) is 0 Å². The maximum Gasteiger partial charge on any atom is 0.194 e. The molecule has 0 fully saturated rings. The van der Waals surface area contributed by atoms with Gasteiger partial charge in [-0.2, -0.15) is 0 Å². The molecule has 3 rings (SSSR count). The maximum atomic E-state index is 11.0. The molecule has 3 nitrogen and oxygen atoms in total. The first-order valence-corrected chi connectivity index (χ1v) is 8.63. The molecule has 106 valence electrons. The molecule has 0 aliphatic carbocycles. The lowest BCUT2D eigenvalue weighted by molar-refractivity contribution is 0.111. The first-order valence-electron chi connectivity index (χ1n) is 6.15. The third kappa shape index (κ3) is 2.77. The summed E-state index contributed by atoms with van der Waals surface area (Å²) in [6, 6.07) is 9.38. The molecule has 0 unspecified atom stereocenters. The fraction of sp³-hybridized carbons (Fsp3) is 0.0667. The van der Waals surface area contributed by atoms with E-state index in [9.17, 15) is 4.79 Å². The molecular weight excluding hydrogens is 324 g/mol. The Morgan fingerprint density at radius 1 is 1.38 bits per heavy atom. The molecule has 2 heterocycles. The Hall–Kier alpha value is -1.56. The average Bonchev–Trinajstić information content (AvgIpc) is 3.15. The Morgan fingerprint density at radius 2 is 2.24 bits per heavy atom. The van der Waals surface area contributed by atoms with E-state index in [1.165, 1.54) is 11.3 Å². The lowest BCUT2D eigenvalue weighted by Gasteiger charge is -2.05. The van der Waals surface area contributed by atoms with Crippen LogP contribution in [0.25, 0.3) is 16.4 Å². The number of nitrogens with zero attached hydrogens (tertiary/aromatic N) is 2. The highest BCUT2D eigenvalue weighted by atomic mass is 35.5. The van der Waals surface area contributed by atoms with Crippen LogP contribution in [0, 0.1) is 0 Å². The quantitative estimate of drug-likeness (QED) is 0.508. The van der Waals surface area contributed by atoms with E-state index in [1.54, 1.807) is 22.4 Å². The predicted molar refractivity (Wildman–Crippen MR) is 89.1 cm³/mol. The van der Waals surface area contributed by atoms with Gasteiger partial charge >= 0.3 is 0 Å². The number of hydrogen-bond acceptors (Lipinski definition) is 4. The van der Waals surface area contributed by atoms with Gasteiger partial charge in [0.2, 0.25) is 0 Å². The highest BCUT2D eigenvalue weighted by Gasteiger charge is 2.12. The minimum atomic E-state index is 0.590. The van der Waals surface area contributed by atoms with Crippen molar-refractivity contribution in [2.24, 2.45) is 0 Å². The van der Waals surface area contributed by atoms with Crippen LogP contribution in [0.1, 0.15) is 10.5 Å². The van der Waals surface area contributed by atoms with Crippen LogP contribution in [0.5, 0.6) is 0 Å². The van der Waals surface area contributed by atoms with Crippen LogP contribution in [0.15, 0.2) is 46.8 Å². The minimum absolute atomic E-state index is 0.590. The van der Waals surface area contributed by atoms with Crippen LogP contribution in [0.3, 0.4) is 0 Å². The fourth-order valence-corrected chi connectivity index (χ4v) is 3.63. The summed E-state index contributed by atoms with van der Waals surface area (Å²) in [5, 5.41) is 3.44. The zero-order valence-corrected chi connectivity index (χ0v) is 13.5. The van der Waals surface area contributed by atoms with Gasteiger partial charge in [0.25, 0.3) is 0 Å². The van der Waals surface area contributed by atoms with Gasteiger partial charge in [-0.05, 0) is 36.6 Å². The molecule has 3 aromatic rings. The van der Waals surface area contributed by atoms with Gasteiger partial charge < -0.3 is 0 Å². The van der Waals surface area contributed by atoms with E-state index in [2.05, 4.69) is 4.98 Å². The second kappa shape index (κ2) is 6.05. The van der Waals surface area contributed by atoms with Crippen molar-refractivity contribution in [1.29, 1.82) is 0 Å². The molecule has 21 heavy (non-hydrogen) atoms. The largest absolute Gasteiger partial charge is 0.296 e. The van der Waals surface area contributed by atoms with Crippen molar-refractivity contribution in [3.05, 3.63) is 52.6 Å². The van der Waals surface area contributed by atoms with E-state index in [-0.39, 0.29) is 0 Å². The summed E-state index contributed by atoms with van der Waals surface area (Å²) < 4.78 is 1.78. The van der Waals surface area contributed by atoms with Gasteiger partial charge in [-0.3, -0.25) is 9.36 Å². The predicted octanol–water partition coefficient (Wildman–Crippen LogP) is 4.79.